The zero-order chi connectivity index (χ0) is 12.8. The molecule has 0 unspecified atom stereocenters. The number of sulfonamides is 1. The molecule has 16 heavy (non-hydrogen) atoms. The number of hydrogen-bond donors (Lipinski definition) is 2. The molecule has 7 heteroatoms. The third-order valence-corrected chi connectivity index (χ3v) is 4.13. The lowest BCUT2D eigenvalue weighted by atomic mass is 9.94. The maximum atomic E-state index is 11.5. The number of thiocarbonyl (C=S) groups is 1. The van der Waals surface area contributed by atoms with E-state index in [9.17, 15) is 8.42 Å². The molecule has 0 rings (SSSR count). The second-order valence-corrected chi connectivity index (χ2v) is 6.60. The van der Waals surface area contributed by atoms with Crippen molar-refractivity contribution in [3.8, 4) is 0 Å². The van der Waals surface area contributed by atoms with Gasteiger partial charge in [-0.1, -0.05) is 26.1 Å². The van der Waals surface area contributed by atoms with E-state index < -0.39 is 15.4 Å². The number of methoxy groups -OCH3 is 1. The summed E-state index contributed by atoms with van der Waals surface area (Å²) in [7, 11) is -1.73. The average molecular weight is 268 g/mol. The molecule has 0 aromatic carbocycles. The summed E-state index contributed by atoms with van der Waals surface area (Å²) < 4.78 is 30.3. The first-order valence-electron chi connectivity index (χ1n) is 4.97. The average Bonchev–Trinajstić information content (AvgIpc) is 2.15. The van der Waals surface area contributed by atoms with E-state index in [1.807, 2.05) is 0 Å². The largest absolute Gasteiger partial charge is 0.393 e. The van der Waals surface area contributed by atoms with E-state index in [1.165, 1.54) is 7.11 Å². The van der Waals surface area contributed by atoms with Crippen LogP contribution in [0.4, 0.5) is 0 Å². The molecule has 0 fully saturated rings. The lowest BCUT2D eigenvalue weighted by Crippen LogP contribution is -2.42. The van der Waals surface area contributed by atoms with Crippen molar-refractivity contribution in [3.05, 3.63) is 0 Å². The molecule has 0 aliphatic rings. The van der Waals surface area contributed by atoms with Gasteiger partial charge in [-0.05, 0) is 6.42 Å². The van der Waals surface area contributed by atoms with Gasteiger partial charge in [-0.3, -0.25) is 0 Å². The fourth-order valence-electron chi connectivity index (χ4n) is 0.843. The smallest absolute Gasteiger partial charge is 0.211 e. The van der Waals surface area contributed by atoms with Crippen molar-refractivity contribution in [2.24, 2.45) is 11.1 Å². The highest BCUT2D eigenvalue weighted by molar-refractivity contribution is 7.89. The van der Waals surface area contributed by atoms with Crippen LogP contribution in [0.1, 0.15) is 20.3 Å². The summed E-state index contributed by atoms with van der Waals surface area (Å²) in [6, 6.07) is 0. The van der Waals surface area contributed by atoms with Gasteiger partial charge >= 0.3 is 0 Å². The Bertz CT molecular complexity index is 326. The van der Waals surface area contributed by atoms with Crippen LogP contribution in [0.5, 0.6) is 0 Å². The normalized spacial score (nSPS) is 12.7. The Labute approximate surface area is 103 Å². The van der Waals surface area contributed by atoms with Crippen LogP contribution in [0.2, 0.25) is 0 Å². The predicted octanol–water partition coefficient (Wildman–Crippen LogP) is 0.255. The lowest BCUT2D eigenvalue weighted by molar-refractivity contribution is 0.199. The van der Waals surface area contributed by atoms with Crippen molar-refractivity contribution in [2.45, 2.75) is 20.3 Å². The molecule has 0 amide bonds. The maximum Gasteiger partial charge on any atom is 0.211 e. The van der Waals surface area contributed by atoms with E-state index in [4.69, 9.17) is 22.7 Å². The van der Waals surface area contributed by atoms with Gasteiger partial charge in [0.1, 0.15) is 0 Å². The van der Waals surface area contributed by atoms with E-state index in [2.05, 4.69) is 4.72 Å². The van der Waals surface area contributed by atoms with E-state index in [-0.39, 0.29) is 12.3 Å². The zero-order valence-corrected chi connectivity index (χ0v) is 11.6. The van der Waals surface area contributed by atoms with Crippen molar-refractivity contribution >= 4 is 27.2 Å². The van der Waals surface area contributed by atoms with Crippen LogP contribution < -0.4 is 10.5 Å². The molecule has 0 spiro atoms. The number of rotatable bonds is 8. The SMILES string of the molecule is COCCCS(=O)(=O)NCC(C)(C)C(N)=S. The minimum absolute atomic E-state index is 0.0499. The van der Waals surface area contributed by atoms with E-state index in [1.54, 1.807) is 13.8 Å². The first kappa shape index (κ1) is 15.8. The summed E-state index contributed by atoms with van der Waals surface area (Å²) in [5, 5.41) is 0. The Hall–Kier alpha value is -0.240. The van der Waals surface area contributed by atoms with Gasteiger partial charge in [0.05, 0.1) is 10.7 Å². The molecule has 0 radical (unpaired) electrons. The molecule has 0 atom stereocenters. The van der Waals surface area contributed by atoms with Crippen LogP contribution >= 0.6 is 12.2 Å². The lowest BCUT2D eigenvalue weighted by Gasteiger charge is -2.23. The molecule has 0 aromatic rings. The Kier molecular flexibility index (Phi) is 6.39. The van der Waals surface area contributed by atoms with Crippen molar-refractivity contribution < 1.29 is 13.2 Å². The predicted molar refractivity (Wildman–Crippen MR) is 68.8 cm³/mol. The van der Waals surface area contributed by atoms with Crippen molar-refractivity contribution in [2.75, 3.05) is 26.0 Å². The van der Waals surface area contributed by atoms with Crippen LogP contribution in [-0.4, -0.2) is 39.4 Å². The van der Waals surface area contributed by atoms with Gasteiger partial charge in [0.25, 0.3) is 0 Å². The fourth-order valence-corrected chi connectivity index (χ4v) is 2.14. The Morgan fingerprint density at radius 1 is 1.50 bits per heavy atom. The van der Waals surface area contributed by atoms with Gasteiger partial charge in [0.15, 0.2) is 0 Å². The van der Waals surface area contributed by atoms with Crippen LogP contribution in [0.25, 0.3) is 0 Å². The quantitative estimate of drug-likeness (QED) is 0.487. The van der Waals surface area contributed by atoms with Gasteiger partial charge in [-0.15, -0.1) is 0 Å². The number of ether oxygens (including phenoxy) is 1. The van der Waals surface area contributed by atoms with Crippen LogP contribution in [0, 0.1) is 5.41 Å². The van der Waals surface area contributed by atoms with Crippen LogP contribution in [0.3, 0.4) is 0 Å². The van der Waals surface area contributed by atoms with Crippen molar-refractivity contribution in [3.63, 3.8) is 0 Å². The third kappa shape index (κ3) is 6.37. The molecule has 0 saturated heterocycles. The van der Waals surface area contributed by atoms with E-state index in [0.29, 0.717) is 18.0 Å². The number of hydrogen-bond acceptors (Lipinski definition) is 4. The minimum Gasteiger partial charge on any atom is -0.393 e. The summed E-state index contributed by atoms with van der Waals surface area (Å²) in [5.74, 6) is 0.0499. The highest BCUT2D eigenvalue weighted by atomic mass is 32.2. The van der Waals surface area contributed by atoms with Gasteiger partial charge in [-0.2, -0.15) is 0 Å². The monoisotopic (exact) mass is 268 g/mol. The summed E-state index contributed by atoms with van der Waals surface area (Å²) in [5.41, 5.74) is 4.99. The fraction of sp³-hybridized carbons (Fsp3) is 0.889. The summed E-state index contributed by atoms with van der Waals surface area (Å²) >= 11 is 4.85. The Morgan fingerprint density at radius 2 is 2.06 bits per heavy atom. The van der Waals surface area contributed by atoms with Crippen molar-refractivity contribution in [1.82, 2.24) is 4.72 Å². The van der Waals surface area contributed by atoms with Crippen LogP contribution in [-0.2, 0) is 14.8 Å². The van der Waals surface area contributed by atoms with Crippen molar-refractivity contribution in [1.29, 1.82) is 0 Å². The molecular formula is C9H20N2O3S2. The molecule has 0 bridgehead atoms. The summed E-state index contributed by atoms with van der Waals surface area (Å²) in [6.45, 7) is 4.25. The van der Waals surface area contributed by atoms with Gasteiger partial charge < -0.3 is 10.5 Å². The molecule has 3 N–H and O–H groups in total. The van der Waals surface area contributed by atoms with Gasteiger partial charge in [0.2, 0.25) is 10.0 Å². The van der Waals surface area contributed by atoms with Gasteiger partial charge in [-0.25, -0.2) is 13.1 Å². The van der Waals surface area contributed by atoms with Gasteiger partial charge in [0, 0.05) is 25.7 Å². The number of nitrogens with two attached hydrogens (primary N) is 1. The van der Waals surface area contributed by atoms with Crippen LogP contribution in [0.15, 0.2) is 0 Å². The third-order valence-electron chi connectivity index (χ3n) is 2.16. The highest BCUT2D eigenvalue weighted by Gasteiger charge is 2.23. The molecule has 0 aliphatic heterocycles. The molecule has 5 nitrogen and oxygen atoms in total. The first-order chi connectivity index (χ1) is 7.21. The Balaban J connectivity index is 4.14. The highest BCUT2D eigenvalue weighted by Crippen LogP contribution is 2.13. The molecule has 96 valence electrons. The van der Waals surface area contributed by atoms with E-state index in [0.717, 1.165) is 0 Å². The summed E-state index contributed by atoms with van der Waals surface area (Å²) in [4.78, 5) is 0.298. The minimum atomic E-state index is -3.27. The molecular weight excluding hydrogens is 248 g/mol. The standard InChI is InChI=1S/C9H20N2O3S2/c1-9(2,8(10)15)7-11-16(12,13)6-4-5-14-3/h11H,4-7H2,1-3H3,(H2,10,15). The molecule has 0 aromatic heterocycles. The first-order valence-corrected chi connectivity index (χ1v) is 7.03. The number of nitrogens with one attached hydrogen (secondary N) is 1. The second kappa shape index (κ2) is 6.48. The topological polar surface area (TPSA) is 81.4 Å². The molecule has 0 aliphatic carbocycles. The zero-order valence-electron chi connectivity index (χ0n) is 9.95. The van der Waals surface area contributed by atoms with E-state index >= 15 is 0 Å². The molecule has 0 saturated carbocycles. The molecule has 0 heterocycles. The summed E-state index contributed by atoms with van der Waals surface area (Å²) in [6.07, 6.45) is 0.472. The second-order valence-electron chi connectivity index (χ2n) is 4.23. The Morgan fingerprint density at radius 3 is 2.50 bits per heavy atom. The maximum absolute atomic E-state index is 11.5.